The maximum Gasteiger partial charge on any atom is 0.413 e. The number of aromatic nitrogens is 2. The zero-order chi connectivity index (χ0) is 32.7. The van der Waals surface area contributed by atoms with Gasteiger partial charge in [0.1, 0.15) is 11.9 Å². The SMILES string of the molecule is CCCCNC(=O)Oc1ccc(CNC(=O)C=CC2Cc3cc(-c4ccc(C(=O)N5CCOCC5(C)C)cn4)cc(Cl)c3O2)cn1. The number of unbranched alkanes of at least 4 members (excludes halogenated alkanes) is 1. The van der Waals surface area contributed by atoms with Crippen LogP contribution in [-0.2, 0) is 22.5 Å². The molecule has 2 N–H and O–H groups in total. The first-order valence-electron chi connectivity index (χ1n) is 15.3. The Bertz CT molecular complexity index is 1590. The fraction of sp³-hybridized carbons (Fsp3) is 0.382. The molecule has 12 heteroatoms. The van der Waals surface area contributed by atoms with Gasteiger partial charge < -0.3 is 29.7 Å². The molecule has 2 aliphatic rings. The maximum absolute atomic E-state index is 13.1. The summed E-state index contributed by atoms with van der Waals surface area (Å²) in [5.74, 6) is 0.393. The Hall–Kier alpha value is -4.48. The summed E-state index contributed by atoms with van der Waals surface area (Å²) < 4.78 is 16.7. The number of ether oxygens (including phenoxy) is 3. The molecule has 1 fully saturated rings. The summed E-state index contributed by atoms with van der Waals surface area (Å²) in [4.78, 5) is 47.9. The second-order valence-corrected chi connectivity index (χ2v) is 12.2. The molecule has 5 rings (SSSR count). The number of carbonyl (C=O) groups excluding carboxylic acids is 3. The summed E-state index contributed by atoms with van der Waals surface area (Å²) >= 11 is 6.59. The summed E-state index contributed by atoms with van der Waals surface area (Å²) in [6, 6.07) is 10.7. The highest BCUT2D eigenvalue weighted by atomic mass is 35.5. The number of hydrogen-bond acceptors (Lipinski definition) is 8. The molecule has 46 heavy (non-hydrogen) atoms. The van der Waals surface area contributed by atoms with Crippen LogP contribution < -0.4 is 20.1 Å². The molecule has 0 radical (unpaired) electrons. The molecule has 0 bridgehead atoms. The number of halogens is 1. The van der Waals surface area contributed by atoms with Crippen LogP contribution in [0.15, 0.2) is 60.9 Å². The molecule has 1 aromatic carbocycles. The van der Waals surface area contributed by atoms with E-state index in [4.69, 9.17) is 25.8 Å². The predicted molar refractivity (Wildman–Crippen MR) is 173 cm³/mol. The lowest BCUT2D eigenvalue weighted by molar-refractivity contribution is -0.116. The smallest absolute Gasteiger partial charge is 0.413 e. The highest BCUT2D eigenvalue weighted by Crippen LogP contribution is 2.39. The van der Waals surface area contributed by atoms with Gasteiger partial charge in [-0.15, -0.1) is 0 Å². The molecular formula is C34H38ClN5O6. The highest BCUT2D eigenvalue weighted by molar-refractivity contribution is 6.32. The lowest BCUT2D eigenvalue weighted by Gasteiger charge is -2.42. The van der Waals surface area contributed by atoms with Crippen LogP contribution in [0, 0.1) is 0 Å². The van der Waals surface area contributed by atoms with Crippen molar-refractivity contribution in [1.29, 1.82) is 0 Å². The third-order valence-corrected chi connectivity index (χ3v) is 8.01. The van der Waals surface area contributed by atoms with Crippen molar-refractivity contribution in [3.63, 3.8) is 0 Å². The van der Waals surface area contributed by atoms with Gasteiger partial charge in [0, 0.05) is 61.7 Å². The van der Waals surface area contributed by atoms with Gasteiger partial charge in [0.15, 0.2) is 0 Å². The molecule has 3 aromatic rings. The molecule has 0 spiro atoms. The molecule has 0 saturated carbocycles. The van der Waals surface area contributed by atoms with E-state index in [9.17, 15) is 14.4 Å². The van der Waals surface area contributed by atoms with E-state index in [0.29, 0.717) is 54.8 Å². The van der Waals surface area contributed by atoms with Crippen molar-refractivity contribution in [2.24, 2.45) is 0 Å². The summed E-state index contributed by atoms with van der Waals surface area (Å²) in [5.41, 5.74) is 3.28. The van der Waals surface area contributed by atoms with Gasteiger partial charge in [-0.2, -0.15) is 0 Å². The largest absolute Gasteiger partial charge is 0.484 e. The Kier molecular flexibility index (Phi) is 10.5. The summed E-state index contributed by atoms with van der Waals surface area (Å²) in [6.07, 6.45) is 7.74. The van der Waals surface area contributed by atoms with E-state index in [1.165, 1.54) is 6.08 Å². The summed E-state index contributed by atoms with van der Waals surface area (Å²) in [7, 11) is 0. The van der Waals surface area contributed by atoms with Gasteiger partial charge in [0.05, 0.1) is 35.0 Å². The van der Waals surface area contributed by atoms with E-state index in [2.05, 4.69) is 20.6 Å². The van der Waals surface area contributed by atoms with Crippen LogP contribution in [0.2, 0.25) is 5.02 Å². The van der Waals surface area contributed by atoms with Crippen molar-refractivity contribution < 1.29 is 28.6 Å². The fourth-order valence-corrected chi connectivity index (χ4v) is 5.48. The van der Waals surface area contributed by atoms with Gasteiger partial charge in [-0.3, -0.25) is 14.6 Å². The van der Waals surface area contributed by atoms with Gasteiger partial charge in [-0.1, -0.05) is 31.0 Å². The Labute approximate surface area is 273 Å². The monoisotopic (exact) mass is 647 g/mol. The quantitative estimate of drug-likeness (QED) is 0.229. The zero-order valence-corrected chi connectivity index (χ0v) is 26.9. The first-order valence-corrected chi connectivity index (χ1v) is 15.7. The first kappa shape index (κ1) is 32.9. The minimum Gasteiger partial charge on any atom is -0.484 e. The Morgan fingerprint density at radius 3 is 2.70 bits per heavy atom. The van der Waals surface area contributed by atoms with E-state index < -0.39 is 6.09 Å². The van der Waals surface area contributed by atoms with E-state index in [-0.39, 0.29) is 35.9 Å². The number of nitrogens with one attached hydrogen (secondary N) is 2. The van der Waals surface area contributed by atoms with E-state index >= 15 is 0 Å². The maximum atomic E-state index is 13.1. The Morgan fingerprint density at radius 1 is 1.13 bits per heavy atom. The van der Waals surface area contributed by atoms with Crippen molar-refractivity contribution in [1.82, 2.24) is 25.5 Å². The number of hydrogen-bond donors (Lipinski definition) is 2. The molecule has 1 atom stereocenters. The summed E-state index contributed by atoms with van der Waals surface area (Å²) in [5, 5.41) is 5.92. The van der Waals surface area contributed by atoms with Gasteiger partial charge >= 0.3 is 6.09 Å². The molecule has 3 amide bonds. The van der Waals surface area contributed by atoms with Crippen molar-refractivity contribution >= 4 is 29.5 Å². The van der Waals surface area contributed by atoms with Gasteiger partial charge in [0.2, 0.25) is 11.8 Å². The molecular weight excluding hydrogens is 610 g/mol. The minimum atomic E-state index is -0.548. The molecule has 4 heterocycles. The second kappa shape index (κ2) is 14.7. The number of morpholine rings is 1. The average Bonchev–Trinajstić information content (AvgIpc) is 3.47. The van der Waals surface area contributed by atoms with E-state index in [1.54, 1.807) is 42.7 Å². The molecule has 242 valence electrons. The number of pyridine rings is 2. The van der Waals surface area contributed by atoms with Crippen molar-refractivity contribution in [2.75, 3.05) is 26.3 Å². The highest BCUT2D eigenvalue weighted by Gasteiger charge is 2.34. The third kappa shape index (κ3) is 8.21. The van der Waals surface area contributed by atoms with Crippen molar-refractivity contribution in [2.45, 2.75) is 58.2 Å². The van der Waals surface area contributed by atoms with Crippen LogP contribution in [0.3, 0.4) is 0 Å². The fourth-order valence-electron chi connectivity index (χ4n) is 5.20. The second-order valence-electron chi connectivity index (χ2n) is 11.8. The minimum absolute atomic E-state index is 0.0745. The Morgan fingerprint density at radius 2 is 1.98 bits per heavy atom. The first-order chi connectivity index (χ1) is 22.1. The molecule has 1 unspecified atom stereocenters. The van der Waals surface area contributed by atoms with Crippen molar-refractivity contribution in [3.05, 3.63) is 82.7 Å². The Balaban J connectivity index is 1.13. The molecule has 1 saturated heterocycles. The number of benzene rings is 1. The van der Waals surface area contributed by atoms with Crippen LogP contribution in [-0.4, -0.2) is 70.7 Å². The number of amides is 3. The van der Waals surface area contributed by atoms with Gasteiger partial charge in [-0.05, 0) is 56.2 Å². The van der Waals surface area contributed by atoms with Gasteiger partial charge in [-0.25, -0.2) is 9.78 Å². The van der Waals surface area contributed by atoms with Gasteiger partial charge in [0.25, 0.3) is 5.91 Å². The molecule has 11 nitrogen and oxygen atoms in total. The average molecular weight is 648 g/mol. The number of nitrogens with zero attached hydrogens (tertiary/aromatic N) is 3. The van der Waals surface area contributed by atoms with Crippen LogP contribution in [0.4, 0.5) is 4.79 Å². The topological polar surface area (TPSA) is 132 Å². The lowest BCUT2D eigenvalue weighted by Crippen LogP contribution is -2.55. The third-order valence-electron chi connectivity index (χ3n) is 7.73. The number of carbonyl (C=O) groups is 3. The zero-order valence-electron chi connectivity index (χ0n) is 26.2. The van der Waals surface area contributed by atoms with Crippen LogP contribution in [0.1, 0.15) is 55.1 Å². The van der Waals surface area contributed by atoms with Crippen molar-refractivity contribution in [3.8, 4) is 22.9 Å². The standard InChI is InChI=1S/C34H38ClN5O6/c1-4-5-12-36-33(43)46-30-11-6-22(19-39-30)18-38-29(41)10-8-26-16-25-15-24(17-27(35)31(25)45-26)28-9-7-23(20-37-28)32(42)40-13-14-44-21-34(40,2)3/h6-11,15,17,19-20,26H,4-5,12-14,16,18,21H2,1-3H3,(H,36,43)(H,38,41). The summed E-state index contributed by atoms with van der Waals surface area (Å²) in [6.45, 7) is 8.36. The molecule has 0 aliphatic carbocycles. The molecule has 2 aromatic heterocycles. The normalized spacial score (nSPS) is 16.9. The number of rotatable bonds is 10. The predicted octanol–water partition coefficient (Wildman–Crippen LogP) is 5.11. The van der Waals surface area contributed by atoms with Crippen LogP contribution in [0.25, 0.3) is 11.3 Å². The lowest BCUT2D eigenvalue weighted by atomic mass is 10.0. The van der Waals surface area contributed by atoms with E-state index in [1.807, 2.05) is 37.8 Å². The van der Waals surface area contributed by atoms with E-state index in [0.717, 1.165) is 29.5 Å². The van der Waals surface area contributed by atoms with Crippen LogP contribution in [0.5, 0.6) is 11.6 Å². The van der Waals surface area contributed by atoms with Crippen LogP contribution >= 0.6 is 11.6 Å². The number of fused-ring (bicyclic) bond motifs is 1. The molecule has 2 aliphatic heterocycles.